The van der Waals surface area contributed by atoms with Gasteiger partial charge in [-0.15, -0.1) is 0 Å². The average Bonchev–Trinajstić information content (AvgIpc) is 2.38. The van der Waals surface area contributed by atoms with Gasteiger partial charge in [0.2, 0.25) is 0 Å². The number of hydrogen-bond acceptors (Lipinski definition) is 2. The third-order valence-corrected chi connectivity index (χ3v) is 3.78. The Balaban J connectivity index is 2.36. The van der Waals surface area contributed by atoms with E-state index in [-0.39, 0.29) is 10.9 Å². The lowest BCUT2D eigenvalue weighted by molar-refractivity contribution is 0.102. The lowest BCUT2D eigenvalue weighted by Crippen LogP contribution is -2.19. The Morgan fingerprint density at radius 1 is 1.20 bits per heavy atom. The first kappa shape index (κ1) is 14.7. The highest BCUT2D eigenvalue weighted by Gasteiger charge is 2.14. The van der Waals surface area contributed by atoms with Crippen molar-refractivity contribution in [2.45, 2.75) is 6.92 Å². The fourth-order valence-electron chi connectivity index (χ4n) is 1.93. The van der Waals surface area contributed by atoms with Gasteiger partial charge >= 0.3 is 0 Å². The summed E-state index contributed by atoms with van der Waals surface area (Å²) in [5.74, 6) is -0.208. The topological polar surface area (TPSA) is 55.1 Å². The van der Waals surface area contributed by atoms with Gasteiger partial charge in [-0.25, -0.2) is 0 Å². The second-order valence-electron chi connectivity index (χ2n) is 4.30. The Kier molecular flexibility index (Phi) is 4.52. The van der Waals surface area contributed by atoms with Gasteiger partial charge in [0.05, 0.1) is 11.3 Å². The average molecular weight is 349 g/mol. The van der Waals surface area contributed by atoms with E-state index in [2.05, 4.69) is 21.2 Å². The van der Waals surface area contributed by atoms with Crippen LogP contribution in [0, 0.1) is 6.92 Å². The zero-order valence-corrected chi connectivity index (χ0v) is 13.2. The van der Waals surface area contributed by atoms with E-state index in [0.717, 1.165) is 10.0 Å². The van der Waals surface area contributed by atoms with E-state index in [9.17, 15) is 4.79 Å². The molecule has 102 valence electrons. The second-order valence-corrected chi connectivity index (χ2v) is 5.59. The van der Waals surface area contributed by atoms with Gasteiger partial charge in [-0.1, -0.05) is 36.5 Å². The highest BCUT2D eigenvalue weighted by molar-refractivity contribution is 9.10. The largest absolute Gasteiger partial charge is 0.389 e. The number of carbonyl (C=O) groups is 1. The van der Waals surface area contributed by atoms with Crippen LogP contribution in [-0.4, -0.2) is 10.9 Å². The number of amides is 1. The molecule has 0 bridgehead atoms. The molecule has 0 radical (unpaired) electrons. The van der Waals surface area contributed by atoms with Crippen molar-refractivity contribution in [1.29, 1.82) is 0 Å². The molecule has 0 spiro atoms. The van der Waals surface area contributed by atoms with Crippen LogP contribution >= 0.6 is 28.1 Å². The van der Waals surface area contributed by atoms with Crippen LogP contribution in [0.25, 0.3) is 0 Å². The molecular weight excluding hydrogens is 336 g/mol. The summed E-state index contributed by atoms with van der Waals surface area (Å²) in [6.45, 7) is 1.91. The van der Waals surface area contributed by atoms with Crippen LogP contribution in [0.3, 0.4) is 0 Å². The zero-order chi connectivity index (χ0) is 14.7. The number of carbonyl (C=O) groups excluding carboxylic acids is 1. The Morgan fingerprint density at radius 3 is 2.55 bits per heavy atom. The maximum atomic E-state index is 12.3. The molecule has 20 heavy (non-hydrogen) atoms. The summed E-state index contributed by atoms with van der Waals surface area (Å²) < 4.78 is 0.738. The van der Waals surface area contributed by atoms with Gasteiger partial charge in [0, 0.05) is 10.0 Å². The molecule has 5 heteroatoms. The molecule has 0 aliphatic carbocycles. The number of hydrogen-bond donors (Lipinski definition) is 2. The van der Waals surface area contributed by atoms with E-state index in [1.807, 2.05) is 37.3 Å². The van der Waals surface area contributed by atoms with E-state index < -0.39 is 0 Å². The predicted octanol–water partition coefficient (Wildman–Crippen LogP) is 3.64. The van der Waals surface area contributed by atoms with Crippen molar-refractivity contribution in [3.63, 3.8) is 0 Å². The standard InChI is InChI=1S/C15H13BrN2OS/c1-9-5-4-8-12(13(9)14(17)20)18-15(19)10-6-2-3-7-11(10)16/h2-8H,1H3,(H2,17,20)(H,18,19). The summed E-state index contributed by atoms with van der Waals surface area (Å²) in [4.78, 5) is 12.6. The van der Waals surface area contributed by atoms with Crippen molar-refractivity contribution in [3.8, 4) is 0 Å². The molecular formula is C15H13BrN2OS. The van der Waals surface area contributed by atoms with Crippen molar-refractivity contribution < 1.29 is 4.79 Å². The highest BCUT2D eigenvalue weighted by atomic mass is 79.9. The van der Waals surface area contributed by atoms with Crippen LogP contribution in [-0.2, 0) is 0 Å². The van der Waals surface area contributed by atoms with Gasteiger partial charge in [0.15, 0.2) is 0 Å². The first-order chi connectivity index (χ1) is 9.50. The molecule has 0 heterocycles. The van der Waals surface area contributed by atoms with Gasteiger partial charge < -0.3 is 11.1 Å². The zero-order valence-electron chi connectivity index (χ0n) is 10.8. The highest BCUT2D eigenvalue weighted by Crippen LogP contribution is 2.22. The first-order valence-electron chi connectivity index (χ1n) is 5.96. The molecule has 0 aliphatic rings. The van der Waals surface area contributed by atoms with Gasteiger partial charge in [-0.3, -0.25) is 4.79 Å². The van der Waals surface area contributed by atoms with Gasteiger partial charge in [0.1, 0.15) is 4.99 Å². The molecule has 0 aliphatic heterocycles. The fraction of sp³-hybridized carbons (Fsp3) is 0.0667. The molecule has 2 rings (SSSR count). The van der Waals surface area contributed by atoms with Crippen molar-refractivity contribution >= 4 is 44.7 Å². The first-order valence-corrected chi connectivity index (χ1v) is 7.16. The molecule has 2 aromatic rings. The van der Waals surface area contributed by atoms with Gasteiger partial charge in [0.25, 0.3) is 5.91 Å². The Labute approximate surface area is 131 Å². The van der Waals surface area contributed by atoms with E-state index in [1.165, 1.54) is 0 Å². The van der Waals surface area contributed by atoms with E-state index in [4.69, 9.17) is 18.0 Å². The lowest BCUT2D eigenvalue weighted by atomic mass is 10.1. The molecule has 0 fully saturated rings. The fourth-order valence-corrected chi connectivity index (χ4v) is 2.67. The number of nitrogens with two attached hydrogens (primary N) is 1. The Morgan fingerprint density at radius 2 is 1.90 bits per heavy atom. The van der Waals surface area contributed by atoms with Crippen LogP contribution < -0.4 is 11.1 Å². The number of anilines is 1. The molecule has 1 amide bonds. The quantitative estimate of drug-likeness (QED) is 0.832. The van der Waals surface area contributed by atoms with Crippen LogP contribution in [0.1, 0.15) is 21.5 Å². The molecule has 2 aromatic carbocycles. The molecule has 0 atom stereocenters. The van der Waals surface area contributed by atoms with E-state index in [1.54, 1.807) is 12.1 Å². The smallest absolute Gasteiger partial charge is 0.256 e. The maximum absolute atomic E-state index is 12.3. The molecule has 0 saturated heterocycles. The monoisotopic (exact) mass is 348 g/mol. The number of benzene rings is 2. The lowest BCUT2D eigenvalue weighted by Gasteiger charge is -2.13. The summed E-state index contributed by atoms with van der Waals surface area (Å²) in [6.07, 6.45) is 0. The SMILES string of the molecule is Cc1cccc(NC(=O)c2ccccc2Br)c1C(N)=S. The minimum Gasteiger partial charge on any atom is -0.389 e. The van der Waals surface area contributed by atoms with Crippen molar-refractivity contribution in [2.75, 3.05) is 5.32 Å². The van der Waals surface area contributed by atoms with Crippen molar-refractivity contribution in [3.05, 3.63) is 63.6 Å². The molecule has 3 nitrogen and oxygen atoms in total. The molecule has 0 unspecified atom stereocenters. The molecule has 3 N–H and O–H groups in total. The third-order valence-electron chi connectivity index (χ3n) is 2.89. The minimum absolute atomic E-state index is 0.208. The van der Waals surface area contributed by atoms with Gasteiger partial charge in [-0.2, -0.15) is 0 Å². The van der Waals surface area contributed by atoms with E-state index >= 15 is 0 Å². The minimum atomic E-state index is -0.208. The number of halogens is 1. The summed E-state index contributed by atoms with van der Waals surface area (Å²) in [5, 5.41) is 2.85. The summed E-state index contributed by atoms with van der Waals surface area (Å²) in [7, 11) is 0. The summed E-state index contributed by atoms with van der Waals surface area (Å²) >= 11 is 8.41. The van der Waals surface area contributed by atoms with Crippen LogP contribution in [0.15, 0.2) is 46.9 Å². The summed E-state index contributed by atoms with van der Waals surface area (Å²) in [5.41, 5.74) is 8.54. The number of nitrogens with one attached hydrogen (secondary N) is 1. The van der Waals surface area contributed by atoms with Crippen molar-refractivity contribution in [1.82, 2.24) is 0 Å². The number of aryl methyl sites for hydroxylation is 1. The predicted molar refractivity (Wildman–Crippen MR) is 89.2 cm³/mol. The third kappa shape index (κ3) is 3.05. The maximum Gasteiger partial charge on any atom is 0.256 e. The van der Waals surface area contributed by atoms with Crippen molar-refractivity contribution in [2.24, 2.45) is 5.73 Å². The van der Waals surface area contributed by atoms with E-state index in [0.29, 0.717) is 16.8 Å². The van der Waals surface area contributed by atoms with Crippen LogP contribution in [0.4, 0.5) is 5.69 Å². The molecule has 0 saturated carbocycles. The molecule has 0 aromatic heterocycles. The number of thiocarbonyl (C=S) groups is 1. The van der Waals surface area contributed by atoms with Gasteiger partial charge in [-0.05, 0) is 46.6 Å². The Bertz CT molecular complexity index is 685. The number of rotatable bonds is 3. The summed E-state index contributed by atoms with van der Waals surface area (Å²) in [6, 6.07) is 12.8. The normalized spacial score (nSPS) is 10.1. The van der Waals surface area contributed by atoms with Crippen LogP contribution in [0.2, 0.25) is 0 Å². The second kappa shape index (κ2) is 6.15. The Hall–Kier alpha value is -1.72. The van der Waals surface area contributed by atoms with Crippen LogP contribution in [0.5, 0.6) is 0 Å².